The maximum absolute atomic E-state index is 12.6. The second-order valence-corrected chi connectivity index (χ2v) is 9.57. The topological polar surface area (TPSA) is 115 Å². The highest BCUT2D eigenvalue weighted by Gasteiger charge is 2.44. The standard InChI is InChI=1S/C23H22N4O3S/c1-31(29,30)21-8-3-2-7-18(21)17-9-10-22(25-14-17)27-23(28)20-12-19(20)16-6-4-5-15(11-16)13-26-24/h2-11,13-14,19-20H,12,24H2,1H3,(H,25,27,28)/t19-,20-/m1/s1. The van der Waals surface area contributed by atoms with Gasteiger partial charge in [0, 0.05) is 29.5 Å². The number of sulfone groups is 1. The van der Waals surface area contributed by atoms with Gasteiger partial charge in [0.1, 0.15) is 5.82 Å². The second kappa shape index (κ2) is 8.31. The van der Waals surface area contributed by atoms with E-state index in [2.05, 4.69) is 15.4 Å². The molecule has 1 heterocycles. The molecule has 3 aromatic rings. The summed E-state index contributed by atoms with van der Waals surface area (Å²) in [5, 5.41) is 6.39. The summed E-state index contributed by atoms with van der Waals surface area (Å²) >= 11 is 0. The first-order valence-electron chi connectivity index (χ1n) is 9.76. The van der Waals surface area contributed by atoms with Gasteiger partial charge in [-0.3, -0.25) is 4.79 Å². The van der Waals surface area contributed by atoms with Gasteiger partial charge in [0.2, 0.25) is 5.91 Å². The normalized spacial score (nSPS) is 18.1. The van der Waals surface area contributed by atoms with Crippen LogP contribution in [-0.4, -0.2) is 31.8 Å². The van der Waals surface area contributed by atoms with E-state index in [9.17, 15) is 13.2 Å². The Kier molecular flexibility index (Phi) is 5.56. The van der Waals surface area contributed by atoms with Gasteiger partial charge in [-0.25, -0.2) is 13.4 Å². The van der Waals surface area contributed by atoms with Crippen LogP contribution in [0.5, 0.6) is 0 Å². The molecular formula is C23H22N4O3S. The maximum Gasteiger partial charge on any atom is 0.229 e. The summed E-state index contributed by atoms with van der Waals surface area (Å²) in [5.41, 5.74) is 3.23. The van der Waals surface area contributed by atoms with E-state index in [4.69, 9.17) is 5.84 Å². The smallest absolute Gasteiger partial charge is 0.229 e. The van der Waals surface area contributed by atoms with Crippen molar-refractivity contribution in [1.82, 2.24) is 4.98 Å². The van der Waals surface area contributed by atoms with Gasteiger partial charge in [0.25, 0.3) is 0 Å². The Morgan fingerprint density at radius 1 is 1.16 bits per heavy atom. The molecular weight excluding hydrogens is 412 g/mol. The molecule has 1 aromatic heterocycles. The molecule has 1 aliphatic rings. The van der Waals surface area contributed by atoms with Gasteiger partial charge in [-0.05, 0) is 47.7 Å². The molecule has 2 atom stereocenters. The summed E-state index contributed by atoms with van der Waals surface area (Å²) in [5.74, 6) is 5.60. The van der Waals surface area contributed by atoms with Crippen molar-refractivity contribution in [3.05, 3.63) is 78.0 Å². The molecule has 2 aromatic carbocycles. The van der Waals surface area contributed by atoms with Crippen LogP contribution in [0.1, 0.15) is 23.5 Å². The third-order valence-corrected chi connectivity index (χ3v) is 6.46. The number of amides is 1. The molecule has 31 heavy (non-hydrogen) atoms. The Bertz CT molecular complexity index is 1250. The number of nitrogens with one attached hydrogen (secondary N) is 1. The zero-order valence-electron chi connectivity index (χ0n) is 16.9. The zero-order valence-corrected chi connectivity index (χ0v) is 17.7. The first-order chi connectivity index (χ1) is 14.9. The molecule has 1 fully saturated rings. The molecule has 158 valence electrons. The lowest BCUT2D eigenvalue weighted by Gasteiger charge is -2.09. The first kappa shape index (κ1) is 20.7. The van der Waals surface area contributed by atoms with E-state index in [0.29, 0.717) is 16.9 Å². The number of hydrazone groups is 1. The lowest BCUT2D eigenvalue weighted by molar-refractivity contribution is -0.117. The van der Waals surface area contributed by atoms with Crippen LogP contribution in [0, 0.1) is 5.92 Å². The number of nitrogens with zero attached hydrogens (tertiary/aromatic N) is 2. The highest BCUT2D eigenvalue weighted by Crippen LogP contribution is 2.48. The van der Waals surface area contributed by atoms with Crippen LogP contribution in [0.15, 0.2) is 76.9 Å². The van der Waals surface area contributed by atoms with Crippen molar-refractivity contribution in [2.75, 3.05) is 11.6 Å². The van der Waals surface area contributed by atoms with Gasteiger partial charge in [-0.2, -0.15) is 5.10 Å². The Labute approximate surface area is 180 Å². The number of hydrogen-bond acceptors (Lipinski definition) is 6. The fourth-order valence-corrected chi connectivity index (χ4v) is 4.59. The predicted molar refractivity (Wildman–Crippen MR) is 120 cm³/mol. The minimum atomic E-state index is -3.37. The van der Waals surface area contributed by atoms with Crippen molar-refractivity contribution < 1.29 is 13.2 Å². The van der Waals surface area contributed by atoms with Crippen molar-refractivity contribution >= 4 is 27.8 Å². The van der Waals surface area contributed by atoms with Crippen LogP contribution >= 0.6 is 0 Å². The van der Waals surface area contributed by atoms with E-state index >= 15 is 0 Å². The Hall–Kier alpha value is -3.52. The largest absolute Gasteiger partial charge is 0.323 e. The van der Waals surface area contributed by atoms with E-state index < -0.39 is 9.84 Å². The van der Waals surface area contributed by atoms with Crippen LogP contribution in [0.25, 0.3) is 11.1 Å². The minimum Gasteiger partial charge on any atom is -0.323 e. The van der Waals surface area contributed by atoms with Gasteiger partial charge in [-0.1, -0.05) is 36.4 Å². The van der Waals surface area contributed by atoms with Gasteiger partial charge in [-0.15, -0.1) is 0 Å². The first-order valence-corrected chi connectivity index (χ1v) is 11.7. The van der Waals surface area contributed by atoms with Crippen molar-refractivity contribution in [3.63, 3.8) is 0 Å². The van der Waals surface area contributed by atoms with Crippen LogP contribution in [-0.2, 0) is 14.6 Å². The number of anilines is 1. The van der Waals surface area contributed by atoms with E-state index in [1.165, 1.54) is 6.26 Å². The quantitative estimate of drug-likeness (QED) is 0.351. The Morgan fingerprint density at radius 3 is 2.68 bits per heavy atom. The van der Waals surface area contributed by atoms with Crippen LogP contribution < -0.4 is 11.2 Å². The maximum atomic E-state index is 12.6. The highest BCUT2D eigenvalue weighted by molar-refractivity contribution is 7.90. The summed E-state index contributed by atoms with van der Waals surface area (Å²) < 4.78 is 24.1. The average Bonchev–Trinajstić information content (AvgIpc) is 3.55. The Balaban J connectivity index is 1.45. The van der Waals surface area contributed by atoms with Gasteiger partial charge in [0.05, 0.1) is 11.1 Å². The van der Waals surface area contributed by atoms with Gasteiger partial charge < -0.3 is 11.2 Å². The number of aromatic nitrogens is 1. The number of hydrogen-bond donors (Lipinski definition) is 2. The molecule has 0 spiro atoms. The predicted octanol–water partition coefficient (Wildman–Crippen LogP) is 3.19. The van der Waals surface area contributed by atoms with Gasteiger partial charge in [0.15, 0.2) is 9.84 Å². The SMILES string of the molecule is CS(=O)(=O)c1ccccc1-c1ccc(NC(=O)[C@@H]2C[C@@H]2c2cccc(C=NN)c2)nc1. The molecule has 7 nitrogen and oxygen atoms in total. The van der Waals surface area contributed by atoms with Gasteiger partial charge >= 0.3 is 0 Å². The molecule has 1 amide bonds. The minimum absolute atomic E-state index is 0.0836. The number of rotatable bonds is 6. The third kappa shape index (κ3) is 4.64. The van der Waals surface area contributed by atoms with E-state index in [-0.39, 0.29) is 22.6 Å². The van der Waals surface area contributed by atoms with Crippen molar-refractivity contribution in [1.29, 1.82) is 0 Å². The number of carbonyl (C=O) groups excluding carboxylic acids is 1. The Morgan fingerprint density at radius 2 is 1.97 bits per heavy atom. The van der Waals surface area contributed by atoms with E-state index in [0.717, 1.165) is 17.5 Å². The van der Waals surface area contributed by atoms with E-state index in [1.54, 1.807) is 48.8 Å². The summed E-state index contributed by atoms with van der Waals surface area (Å²) in [6, 6.07) is 18.0. The monoisotopic (exact) mass is 434 g/mol. The molecule has 4 rings (SSSR count). The second-order valence-electron chi connectivity index (χ2n) is 7.59. The molecule has 0 unspecified atom stereocenters. The zero-order chi connectivity index (χ0) is 22.0. The molecule has 8 heteroatoms. The molecule has 0 bridgehead atoms. The summed E-state index contributed by atoms with van der Waals surface area (Å²) in [6.07, 6.45) is 5.10. The molecule has 0 aliphatic heterocycles. The highest BCUT2D eigenvalue weighted by atomic mass is 32.2. The van der Waals surface area contributed by atoms with Crippen LogP contribution in [0.4, 0.5) is 5.82 Å². The molecule has 1 aliphatic carbocycles. The molecule has 1 saturated carbocycles. The fourth-order valence-electron chi connectivity index (χ4n) is 3.68. The molecule has 0 saturated heterocycles. The molecule has 0 radical (unpaired) electrons. The third-order valence-electron chi connectivity index (χ3n) is 5.30. The van der Waals surface area contributed by atoms with Crippen molar-refractivity contribution in [2.24, 2.45) is 16.9 Å². The average molecular weight is 435 g/mol. The summed E-state index contributed by atoms with van der Waals surface area (Å²) in [6.45, 7) is 0. The van der Waals surface area contributed by atoms with Crippen LogP contribution in [0.3, 0.4) is 0 Å². The molecule has 3 N–H and O–H groups in total. The fraction of sp³-hybridized carbons (Fsp3) is 0.174. The number of nitrogens with two attached hydrogens (primary N) is 1. The lowest BCUT2D eigenvalue weighted by Crippen LogP contribution is -2.15. The lowest BCUT2D eigenvalue weighted by atomic mass is 10.1. The number of carbonyl (C=O) groups is 1. The van der Waals surface area contributed by atoms with Crippen molar-refractivity contribution in [3.8, 4) is 11.1 Å². The van der Waals surface area contributed by atoms with E-state index in [1.807, 2.05) is 24.3 Å². The summed E-state index contributed by atoms with van der Waals surface area (Å²) in [7, 11) is -3.37. The van der Waals surface area contributed by atoms with Crippen LogP contribution in [0.2, 0.25) is 0 Å². The number of benzene rings is 2. The summed E-state index contributed by atoms with van der Waals surface area (Å²) in [4.78, 5) is 17.2. The number of pyridine rings is 1. The van der Waals surface area contributed by atoms with Crippen molar-refractivity contribution in [2.45, 2.75) is 17.2 Å².